The van der Waals surface area contributed by atoms with Gasteiger partial charge in [0, 0.05) is 6.04 Å². The number of carbonyl (C=O) groups excluding carboxylic acids is 2. The second-order valence-corrected chi connectivity index (χ2v) is 6.70. The van der Waals surface area contributed by atoms with Gasteiger partial charge in [-0.2, -0.15) is 0 Å². The monoisotopic (exact) mass is 363 g/mol. The van der Waals surface area contributed by atoms with Crippen molar-refractivity contribution in [2.45, 2.75) is 58.6 Å². The SMILES string of the molecule is CCOc1ccc(OCC(=O)O[C@@H](C)C(=O)N[C@@H]2CCCC[C@@H]2C)cc1. The number of hydrogen-bond acceptors (Lipinski definition) is 5. The molecule has 1 aromatic carbocycles. The van der Waals surface area contributed by atoms with E-state index in [0.29, 0.717) is 18.3 Å². The molecular formula is C20H29NO5. The second kappa shape index (κ2) is 10.0. The summed E-state index contributed by atoms with van der Waals surface area (Å²) >= 11 is 0. The van der Waals surface area contributed by atoms with E-state index in [0.717, 1.165) is 25.0 Å². The summed E-state index contributed by atoms with van der Waals surface area (Å²) in [6.07, 6.45) is 3.60. The van der Waals surface area contributed by atoms with Crippen molar-refractivity contribution in [2.75, 3.05) is 13.2 Å². The maximum Gasteiger partial charge on any atom is 0.344 e. The molecule has 1 aliphatic rings. The molecule has 1 N–H and O–H groups in total. The summed E-state index contributed by atoms with van der Waals surface area (Å²) in [6, 6.07) is 7.15. The van der Waals surface area contributed by atoms with Crippen LogP contribution in [0.3, 0.4) is 0 Å². The normalized spacial score (nSPS) is 20.7. The third-order valence-electron chi connectivity index (χ3n) is 4.61. The van der Waals surface area contributed by atoms with Gasteiger partial charge in [0.2, 0.25) is 0 Å². The van der Waals surface area contributed by atoms with Crippen molar-refractivity contribution in [3.63, 3.8) is 0 Å². The van der Waals surface area contributed by atoms with Crippen LogP contribution in [-0.2, 0) is 14.3 Å². The summed E-state index contributed by atoms with van der Waals surface area (Å²) in [6.45, 7) is 5.98. The van der Waals surface area contributed by atoms with Gasteiger partial charge in [-0.15, -0.1) is 0 Å². The molecule has 6 heteroatoms. The van der Waals surface area contributed by atoms with Crippen LogP contribution in [0.1, 0.15) is 46.5 Å². The highest BCUT2D eigenvalue weighted by Gasteiger charge is 2.26. The van der Waals surface area contributed by atoms with E-state index in [1.54, 1.807) is 31.2 Å². The van der Waals surface area contributed by atoms with Gasteiger partial charge in [-0.25, -0.2) is 4.79 Å². The fourth-order valence-electron chi connectivity index (χ4n) is 3.06. The molecule has 144 valence electrons. The standard InChI is InChI=1S/C20H29NO5/c1-4-24-16-9-11-17(12-10-16)25-13-19(22)26-15(3)20(23)21-18-8-6-5-7-14(18)2/h9-12,14-15,18H,4-8,13H2,1-3H3,(H,21,23)/t14-,15-,18+/m0/s1. The van der Waals surface area contributed by atoms with Gasteiger partial charge in [-0.1, -0.05) is 19.8 Å². The maximum absolute atomic E-state index is 12.2. The van der Waals surface area contributed by atoms with Gasteiger partial charge in [0.25, 0.3) is 5.91 Å². The first-order valence-electron chi connectivity index (χ1n) is 9.35. The Kier molecular flexibility index (Phi) is 7.75. The van der Waals surface area contributed by atoms with Crippen LogP contribution in [0.4, 0.5) is 0 Å². The number of benzene rings is 1. The third-order valence-corrected chi connectivity index (χ3v) is 4.61. The van der Waals surface area contributed by atoms with Crippen molar-refractivity contribution >= 4 is 11.9 Å². The van der Waals surface area contributed by atoms with E-state index in [1.807, 2.05) is 6.92 Å². The average molecular weight is 363 g/mol. The maximum atomic E-state index is 12.2. The minimum absolute atomic E-state index is 0.164. The van der Waals surface area contributed by atoms with Gasteiger partial charge in [0.15, 0.2) is 12.7 Å². The highest BCUT2D eigenvalue weighted by atomic mass is 16.6. The van der Waals surface area contributed by atoms with Crippen LogP contribution in [0.5, 0.6) is 11.5 Å². The number of amides is 1. The summed E-state index contributed by atoms with van der Waals surface area (Å²) in [7, 11) is 0. The summed E-state index contributed by atoms with van der Waals surface area (Å²) in [5.74, 6) is 0.915. The van der Waals surface area contributed by atoms with Gasteiger partial charge < -0.3 is 19.5 Å². The Hall–Kier alpha value is -2.24. The Bertz CT molecular complexity index is 586. The van der Waals surface area contributed by atoms with E-state index in [4.69, 9.17) is 14.2 Å². The Labute approximate surface area is 155 Å². The topological polar surface area (TPSA) is 73.9 Å². The molecule has 0 saturated heterocycles. The Morgan fingerprint density at radius 2 is 1.73 bits per heavy atom. The lowest BCUT2D eigenvalue weighted by molar-refractivity contribution is -0.157. The van der Waals surface area contributed by atoms with Crippen molar-refractivity contribution in [3.05, 3.63) is 24.3 Å². The van der Waals surface area contributed by atoms with E-state index < -0.39 is 12.1 Å². The largest absolute Gasteiger partial charge is 0.494 e. The predicted molar refractivity (Wildman–Crippen MR) is 98.2 cm³/mol. The molecular weight excluding hydrogens is 334 g/mol. The Morgan fingerprint density at radius 1 is 1.12 bits per heavy atom. The summed E-state index contributed by atoms with van der Waals surface area (Å²) in [4.78, 5) is 24.1. The number of carbonyl (C=O) groups is 2. The molecule has 0 heterocycles. The molecule has 3 atom stereocenters. The minimum atomic E-state index is -0.833. The number of rotatable bonds is 8. The van der Waals surface area contributed by atoms with Crippen LogP contribution >= 0.6 is 0 Å². The molecule has 1 amide bonds. The van der Waals surface area contributed by atoms with Gasteiger partial charge in [-0.3, -0.25) is 4.79 Å². The molecule has 1 aliphatic carbocycles. The molecule has 0 unspecified atom stereocenters. The fourth-order valence-corrected chi connectivity index (χ4v) is 3.06. The number of nitrogens with one attached hydrogen (secondary N) is 1. The first-order chi connectivity index (χ1) is 12.5. The first kappa shape index (κ1) is 20.1. The fraction of sp³-hybridized carbons (Fsp3) is 0.600. The van der Waals surface area contributed by atoms with E-state index in [-0.39, 0.29) is 18.6 Å². The van der Waals surface area contributed by atoms with Crippen LogP contribution in [0, 0.1) is 5.92 Å². The van der Waals surface area contributed by atoms with Crippen LogP contribution < -0.4 is 14.8 Å². The zero-order valence-corrected chi connectivity index (χ0v) is 15.8. The Morgan fingerprint density at radius 3 is 2.35 bits per heavy atom. The molecule has 0 radical (unpaired) electrons. The molecule has 0 aliphatic heterocycles. The number of ether oxygens (including phenoxy) is 3. The van der Waals surface area contributed by atoms with Crippen LogP contribution in [0.15, 0.2) is 24.3 Å². The van der Waals surface area contributed by atoms with Crippen molar-refractivity contribution in [3.8, 4) is 11.5 Å². The smallest absolute Gasteiger partial charge is 0.344 e. The molecule has 6 nitrogen and oxygen atoms in total. The zero-order chi connectivity index (χ0) is 18.9. The summed E-state index contributed by atoms with van der Waals surface area (Å²) < 4.78 is 15.9. The lowest BCUT2D eigenvalue weighted by atomic mass is 9.86. The van der Waals surface area contributed by atoms with E-state index >= 15 is 0 Å². The lowest BCUT2D eigenvalue weighted by Crippen LogP contribution is -2.46. The van der Waals surface area contributed by atoms with Crippen LogP contribution in [0.2, 0.25) is 0 Å². The van der Waals surface area contributed by atoms with Crippen molar-refractivity contribution in [2.24, 2.45) is 5.92 Å². The molecule has 0 aromatic heterocycles. The van der Waals surface area contributed by atoms with Gasteiger partial charge in [-0.05, 0) is 56.9 Å². The van der Waals surface area contributed by atoms with Crippen molar-refractivity contribution in [1.29, 1.82) is 0 Å². The molecule has 0 bridgehead atoms. The van der Waals surface area contributed by atoms with E-state index in [9.17, 15) is 9.59 Å². The molecule has 1 saturated carbocycles. The highest BCUT2D eigenvalue weighted by molar-refractivity contribution is 5.83. The van der Waals surface area contributed by atoms with Gasteiger partial charge in [0.1, 0.15) is 11.5 Å². The molecule has 26 heavy (non-hydrogen) atoms. The highest BCUT2D eigenvalue weighted by Crippen LogP contribution is 2.23. The summed E-state index contributed by atoms with van der Waals surface area (Å²) in [5.41, 5.74) is 0. The third kappa shape index (κ3) is 6.24. The average Bonchev–Trinajstić information content (AvgIpc) is 2.63. The predicted octanol–water partition coefficient (Wildman–Crippen LogP) is 3.09. The first-order valence-corrected chi connectivity index (χ1v) is 9.35. The number of esters is 1. The van der Waals surface area contributed by atoms with E-state index in [1.165, 1.54) is 6.42 Å². The molecule has 0 spiro atoms. The minimum Gasteiger partial charge on any atom is -0.494 e. The van der Waals surface area contributed by atoms with Gasteiger partial charge in [0.05, 0.1) is 6.61 Å². The van der Waals surface area contributed by atoms with Gasteiger partial charge >= 0.3 is 5.97 Å². The second-order valence-electron chi connectivity index (χ2n) is 6.70. The molecule has 2 rings (SSSR count). The van der Waals surface area contributed by atoms with Crippen molar-refractivity contribution < 1.29 is 23.8 Å². The Balaban J connectivity index is 1.73. The molecule has 1 fully saturated rings. The van der Waals surface area contributed by atoms with Crippen LogP contribution in [-0.4, -0.2) is 37.2 Å². The zero-order valence-electron chi connectivity index (χ0n) is 15.8. The quantitative estimate of drug-likeness (QED) is 0.719. The number of hydrogen-bond donors (Lipinski definition) is 1. The summed E-state index contributed by atoms with van der Waals surface area (Å²) in [5, 5.41) is 2.99. The van der Waals surface area contributed by atoms with E-state index in [2.05, 4.69) is 12.2 Å². The lowest BCUT2D eigenvalue weighted by Gasteiger charge is -2.30. The van der Waals surface area contributed by atoms with Crippen LogP contribution in [0.25, 0.3) is 0 Å². The molecule has 1 aromatic rings. The van der Waals surface area contributed by atoms with Crippen molar-refractivity contribution in [1.82, 2.24) is 5.32 Å².